The summed E-state index contributed by atoms with van der Waals surface area (Å²) in [5.41, 5.74) is -4.89. The van der Waals surface area contributed by atoms with E-state index in [2.05, 4.69) is 0 Å². The molecule has 12 heteroatoms. The van der Waals surface area contributed by atoms with Crippen molar-refractivity contribution in [3.8, 4) is 0 Å². The molecule has 0 amide bonds. The minimum atomic E-state index is -1.64. The van der Waals surface area contributed by atoms with E-state index in [1.807, 2.05) is 13.8 Å². The Labute approximate surface area is 264 Å². The number of aliphatic hydroxyl groups excluding tert-OH is 6. The van der Waals surface area contributed by atoms with Gasteiger partial charge in [0.1, 0.15) is 24.4 Å². The van der Waals surface area contributed by atoms with Crippen LogP contribution in [0.2, 0.25) is 0 Å². The van der Waals surface area contributed by atoms with Crippen LogP contribution in [0.1, 0.15) is 86.0 Å². The van der Waals surface area contributed by atoms with Crippen LogP contribution in [0.5, 0.6) is 0 Å². The van der Waals surface area contributed by atoms with E-state index in [1.54, 1.807) is 26.8 Å². The first kappa shape index (κ1) is 35.3. The number of ketones is 1. The summed E-state index contributed by atoms with van der Waals surface area (Å²) in [6.07, 6.45) is -6.38. The second kappa shape index (κ2) is 11.8. The van der Waals surface area contributed by atoms with Gasteiger partial charge in [-0.25, -0.2) is 0 Å². The number of aliphatic hydroxyl groups is 9. The molecule has 3 saturated carbocycles. The van der Waals surface area contributed by atoms with Gasteiger partial charge in [0.05, 0.1) is 41.7 Å². The number of ether oxygens (including phenoxy) is 2. The molecule has 12 nitrogen and oxygen atoms in total. The zero-order valence-corrected chi connectivity index (χ0v) is 27.0. The lowest BCUT2D eigenvalue weighted by Crippen LogP contribution is -2.64. The molecule has 45 heavy (non-hydrogen) atoms. The Morgan fingerprint density at radius 2 is 1.69 bits per heavy atom. The zero-order valence-electron chi connectivity index (χ0n) is 27.0. The highest BCUT2D eigenvalue weighted by atomic mass is 16.7. The van der Waals surface area contributed by atoms with Crippen molar-refractivity contribution in [1.29, 1.82) is 0 Å². The van der Waals surface area contributed by atoms with Crippen LogP contribution < -0.4 is 0 Å². The molecule has 258 valence electrons. The highest BCUT2D eigenvalue weighted by molar-refractivity contribution is 5.95. The maximum absolute atomic E-state index is 13.9. The lowest BCUT2D eigenvalue weighted by atomic mass is 9.45. The highest BCUT2D eigenvalue weighted by Crippen LogP contribution is 2.68. The molecule has 4 fully saturated rings. The molecular formula is C33H54O12. The van der Waals surface area contributed by atoms with E-state index in [9.17, 15) is 50.8 Å². The van der Waals surface area contributed by atoms with Crippen molar-refractivity contribution in [2.75, 3.05) is 6.61 Å². The van der Waals surface area contributed by atoms with E-state index in [0.717, 1.165) is 0 Å². The maximum Gasteiger partial charge on any atom is 0.187 e. The third-order valence-electron chi connectivity index (χ3n) is 12.7. The van der Waals surface area contributed by atoms with Gasteiger partial charge in [-0.05, 0) is 101 Å². The molecule has 0 spiro atoms. The lowest BCUT2D eigenvalue weighted by molar-refractivity contribution is -0.322. The van der Waals surface area contributed by atoms with E-state index in [-0.39, 0.29) is 31.0 Å². The minimum absolute atomic E-state index is 0.103. The van der Waals surface area contributed by atoms with Gasteiger partial charge in [-0.1, -0.05) is 13.8 Å². The first-order valence-corrected chi connectivity index (χ1v) is 16.5. The lowest BCUT2D eigenvalue weighted by Gasteiger charge is -2.61. The first-order chi connectivity index (χ1) is 20.7. The molecular weight excluding hydrogens is 588 g/mol. The molecule has 1 aliphatic heterocycles. The topological polar surface area (TPSA) is 218 Å². The molecule has 4 aliphatic carbocycles. The van der Waals surface area contributed by atoms with Crippen LogP contribution >= 0.6 is 0 Å². The molecule has 1 heterocycles. The summed E-state index contributed by atoms with van der Waals surface area (Å²) in [5, 5.41) is 97.1. The third-order valence-corrected chi connectivity index (χ3v) is 12.7. The predicted molar refractivity (Wildman–Crippen MR) is 159 cm³/mol. The van der Waals surface area contributed by atoms with Gasteiger partial charge in [0.2, 0.25) is 0 Å². The second-order valence-corrected chi connectivity index (χ2v) is 16.0. The maximum atomic E-state index is 13.9. The van der Waals surface area contributed by atoms with E-state index >= 15 is 0 Å². The Morgan fingerprint density at radius 3 is 2.31 bits per heavy atom. The van der Waals surface area contributed by atoms with Gasteiger partial charge in [0.25, 0.3) is 0 Å². The fourth-order valence-corrected chi connectivity index (χ4v) is 9.81. The van der Waals surface area contributed by atoms with Crippen molar-refractivity contribution >= 4 is 5.78 Å². The van der Waals surface area contributed by atoms with Crippen molar-refractivity contribution < 1.29 is 60.2 Å². The molecule has 0 bridgehead atoms. The average molecular weight is 643 g/mol. The molecule has 5 aliphatic rings. The Hall–Kier alpha value is -1.03. The summed E-state index contributed by atoms with van der Waals surface area (Å²) in [4.78, 5) is 13.9. The van der Waals surface area contributed by atoms with Crippen LogP contribution in [0.4, 0.5) is 0 Å². The van der Waals surface area contributed by atoms with Gasteiger partial charge in [0.15, 0.2) is 12.1 Å². The molecule has 0 aromatic heterocycles. The SMILES string of the molecule is CC(C)(O)CC[C@@H](O)[C@](C)(O)[C@H]1CC[C@@]2(O)C3=CC(=O)[C@@H]4C[C@@H](O[C@H]5O[C@H](CO)[C@H](O)[C@H](O)[C@H]5O)[C@@H](O)C[C@]4(C)[C@H]3CC[C@]12C. The molecule has 9 N–H and O–H groups in total. The molecule has 15 atom stereocenters. The molecule has 0 unspecified atom stereocenters. The summed E-state index contributed by atoms with van der Waals surface area (Å²) in [6, 6.07) is 0. The van der Waals surface area contributed by atoms with E-state index < -0.39 is 95.1 Å². The predicted octanol–water partition coefficient (Wildman–Crippen LogP) is -0.322. The molecule has 5 rings (SSSR count). The van der Waals surface area contributed by atoms with Crippen LogP contribution in [0.25, 0.3) is 0 Å². The first-order valence-electron chi connectivity index (χ1n) is 16.5. The molecule has 1 saturated heterocycles. The fourth-order valence-electron chi connectivity index (χ4n) is 9.81. The zero-order chi connectivity index (χ0) is 33.5. The monoisotopic (exact) mass is 642 g/mol. The minimum Gasteiger partial charge on any atom is -0.394 e. The summed E-state index contributed by atoms with van der Waals surface area (Å²) < 4.78 is 11.4. The summed E-state index contributed by atoms with van der Waals surface area (Å²) in [5.74, 6) is -1.48. The average Bonchev–Trinajstić information content (AvgIpc) is 3.24. The van der Waals surface area contributed by atoms with Gasteiger partial charge >= 0.3 is 0 Å². The van der Waals surface area contributed by atoms with Crippen molar-refractivity contribution in [3.05, 3.63) is 11.6 Å². The normalized spacial score (nSPS) is 48.9. The summed E-state index contributed by atoms with van der Waals surface area (Å²) in [6.45, 7) is 8.16. The van der Waals surface area contributed by atoms with Crippen LogP contribution in [0.15, 0.2) is 11.6 Å². The second-order valence-electron chi connectivity index (χ2n) is 16.0. The quantitative estimate of drug-likeness (QED) is 0.166. The molecule has 0 aromatic rings. The van der Waals surface area contributed by atoms with Crippen LogP contribution in [0, 0.1) is 28.6 Å². The Kier molecular flexibility index (Phi) is 9.28. The highest BCUT2D eigenvalue weighted by Gasteiger charge is 2.69. The van der Waals surface area contributed by atoms with Gasteiger partial charge in [-0.2, -0.15) is 0 Å². The van der Waals surface area contributed by atoms with Gasteiger partial charge < -0.3 is 55.4 Å². The number of carbonyl (C=O) groups is 1. The van der Waals surface area contributed by atoms with Crippen molar-refractivity contribution in [2.24, 2.45) is 28.6 Å². The van der Waals surface area contributed by atoms with Crippen LogP contribution in [-0.2, 0) is 14.3 Å². The number of allylic oxidation sites excluding steroid dienone is 1. The summed E-state index contributed by atoms with van der Waals surface area (Å²) in [7, 11) is 0. The summed E-state index contributed by atoms with van der Waals surface area (Å²) >= 11 is 0. The van der Waals surface area contributed by atoms with Crippen molar-refractivity contribution in [2.45, 2.75) is 152 Å². The number of fused-ring (bicyclic) bond motifs is 5. The van der Waals surface area contributed by atoms with Gasteiger partial charge in [0, 0.05) is 11.3 Å². The Morgan fingerprint density at radius 1 is 1.02 bits per heavy atom. The number of carbonyl (C=O) groups excluding carboxylic acids is 1. The molecule has 0 radical (unpaired) electrons. The number of rotatable bonds is 8. The van der Waals surface area contributed by atoms with Gasteiger partial charge in [-0.15, -0.1) is 0 Å². The standard InChI is InChI=1S/C33H54O12/c1-29(2,41)9-8-24(37)32(5,42)23-7-11-33(43)17-12-19(35)18-13-21(44-28-27(40)26(39)25(38)22(15-34)45-28)20(36)14-30(18,3)16(17)6-10-31(23,33)4/h12,16,18,20-28,34,36-43H,6-11,13-15H2,1-5H3/t16-,18-,20-,21+,22+,23-,24+,25-,26-,27+,28-,30+,31+,32+,33+/m0/s1. The Bertz CT molecular complexity index is 1150. The largest absolute Gasteiger partial charge is 0.394 e. The van der Waals surface area contributed by atoms with E-state index in [4.69, 9.17) is 9.47 Å². The number of hydrogen-bond acceptors (Lipinski definition) is 12. The van der Waals surface area contributed by atoms with Crippen LogP contribution in [-0.4, -0.2) is 124 Å². The van der Waals surface area contributed by atoms with E-state index in [1.165, 1.54) is 0 Å². The molecule has 0 aromatic carbocycles. The Balaban J connectivity index is 1.37. The smallest absolute Gasteiger partial charge is 0.187 e. The fraction of sp³-hybridized carbons (Fsp3) is 0.909. The van der Waals surface area contributed by atoms with Crippen molar-refractivity contribution in [1.82, 2.24) is 0 Å². The number of hydrogen-bond donors (Lipinski definition) is 9. The van der Waals surface area contributed by atoms with Crippen LogP contribution in [0.3, 0.4) is 0 Å². The van der Waals surface area contributed by atoms with Gasteiger partial charge in [-0.3, -0.25) is 4.79 Å². The van der Waals surface area contributed by atoms with Crippen molar-refractivity contribution in [3.63, 3.8) is 0 Å². The van der Waals surface area contributed by atoms with E-state index in [0.29, 0.717) is 37.7 Å². The third kappa shape index (κ3) is 5.65.